The molecule has 2 atom stereocenters. The van der Waals surface area contributed by atoms with Crippen LogP contribution in [-0.2, 0) is 21.4 Å². The number of amides is 1. The summed E-state index contributed by atoms with van der Waals surface area (Å²) in [7, 11) is -4.38. The molecule has 40 heavy (non-hydrogen) atoms. The molecule has 3 rings (SSSR count). The van der Waals surface area contributed by atoms with E-state index >= 15 is 0 Å². The summed E-state index contributed by atoms with van der Waals surface area (Å²) in [6.45, 7) is 3.00. The van der Waals surface area contributed by atoms with Crippen molar-refractivity contribution in [2.75, 3.05) is 6.54 Å². The van der Waals surface area contributed by atoms with Crippen LogP contribution in [0.1, 0.15) is 30.0 Å². The first-order valence-electron chi connectivity index (χ1n) is 11.4. The molecule has 1 aliphatic heterocycles. The van der Waals surface area contributed by atoms with E-state index in [2.05, 4.69) is 22.0 Å². The largest absolute Gasteiger partial charge is 0.451 e. The van der Waals surface area contributed by atoms with Crippen LogP contribution in [0.4, 0.5) is 26.3 Å². The maximum Gasteiger partial charge on any atom is 0.451 e. The van der Waals surface area contributed by atoms with Gasteiger partial charge in [0.15, 0.2) is 0 Å². The van der Waals surface area contributed by atoms with E-state index in [1.165, 1.54) is 6.92 Å². The van der Waals surface area contributed by atoms with Crippen molar-refractivity contribution in [1.29, 1.82) is 5.26 Å². The standard InChI is InChI=1S/C25H21F6N5O3S/c1-14(11-35-24(33-2)25(29,30)31)20-7-16(15(10-32)8-21(20)28)12-34-23(37)22-9-18(27)13-36(22)40(38,39)19-5-3-17(26)4-6-19/h3-8,11,18,22H,2,9,12-13H2,1H3,(H,34,37)/b14-11+,35-24?/t18-,22+/m1/s1. The molecule has 1 fully saturated rings. The third-order valence-electron chi connectivity index (χ3n) is 5.90. The monoisotopic (exact) mass is 585 g/mol. The lowest BCUT2D eigenvalue weighted by atomic mass is 9.99. The van der Waals surface area contributed by atoms with Gasteiger partial charge in [-0.1, -0.05) is 0 Å². The summed E-state index contributed by atoms with van der Waals surface area (Å²) in [6.07, 6.45) is -6.32. The van der Waals surface area contributed by atoms with Crippen LogP contribution in [0.25, 0.3) is 5.57 Å². The smallest absolute Gasteiger partial charge is 0.351 e. The van der Waals surface area contributed by atoms with Crippen LogP contribution in [0.2, 0.25) is 0 Å². The number of aliphatic imine (C=N–C) groups is 2. The van der Waals surface area contributed by atoms with Gasteiger partial charge in [-0.05, 0) is 61.2 Å². The van der Waals surface area contributed by atoms with E-state index in [1.54, 1.807) is 6.07 Å². The summed E-state index contributed by atoms with van der Waals surface area (Å²) in [5.74, 6) is -4.12. The summed E-state index contributed by atoms with van der Waals surface area (Å²) >= 11 is 0. The number of carbonyl (C=O) groups is 1. The molecule has 1 amide bonds. The van der Waals surface area contributed by atoms with Crippen molar-refractivity contribution in [1.82, 2.24) is 9.62 Å². The first kappa shape index (κ1) is 30.5. The molecule has 0 aromatic heterocycles. The fraction of sp³-hybridized carbons (Fsp3) is 0.280. The van der Waals surface area contributed by atoms with Crippen LogP contribution in [-0.4, -0.2) is 56.1 Å². The number of alkyl halides is 4. The molecule has 0 spiro atoms. The lowest BCUT2D eigenvalue weighted by molar-refractivity contribution is -0.124. The lowest BCUT2D eigenvalue weighted by Crippen LogP contribution is -2.45. The van der Waals surface area contributed by atoms with E-state index in [-0.39, 0.29) is 27.2 Å². The van der Waals surface area contributed by atoms with Gasteiger partial charge in [0.05, 0.1) is 16.5 Å². The van der Waals surface area contributed by atoms with Gasteiger partial charge in [0.2, 0.25) is 21.8 Å². The van der Waals surface area contributed by atoms with Crippen molar-refractivity contribution in [2.45, 2.75) is 43.2 Å². The van der Waals surface area contributed by atoms with Crippen LogP contribution in [0.15, 0.2) is 57.5 Å². The van der Waals surface area contributed by atoms with Crippen molar-refractivity contribution in [3.05, 3.63) is 70.9 Å². The number of nitrogens with one attached hydrogen (secondary N) is 1. The number of sulfonamides is 1. The zero-order valence-corrected chi connectivity index (χ0v) is 21.5. The number of nitriles is 1. The molecule has 2 aromatic carbocycles. The van der Waals surface area contributed by atoms with Crippen LogP contribution >= 0.6 is 0 Å². The summed E-state index contributed by atoms with van der Waals surface area (Å²) in [4.78, 5) is 18.6. The van der Waals surface area contributed by atoms with Gasteiger partial charge in [0, 0.05) is 31.3 Å². The topological polar surface area (TPSA) is 115 Å². The number of carbonyl (C=O) groups excluding carboxylic acids is 1. The minimum atomic E-state index is -4.89. The van der Waals surface area contributed by atoms with Gasteiger partial charge in [-0.2, -0.15) is 22.7 Å². The zero-order chi connectivity index (χ0) is 29.8. The minimum Gasteiger partial charge on any atom is -0.351 e. The van der Waals surface area contributed by atoms with Crippen LogP contribution in [0.3, 0.4) is 0 Å². The fourth-order valence-corrected chi connectivity index (χ4v) is 5.53. The van der Waals surface area contributed by atoms with Gasteiger partial charge in [-0.15, -0.1) is 0 Å². The minimum absolute atomic E-state index is 0.0459. The zero-order valence-electron chi connectivity index (χ0n) is 20.7. The van der Waals surface area contributed by atoms with Gasteiger partial charge in [-0.25, -0.2) is 31.6 Å². The molecule has 212 valence electrons. The van der Waals surface area contributed by atoms with Crippen molar-refractivity contribution < 1.29 is 39.6 Å². The molecule has 1 heterocycles. The van der Waals surface area contributed by atoms with E-state index in [4.69, 9.17) is 0 Å². The highest BCUT2D eigenvalue weighted by molar-refractivity contribution is 7.89. The van der Waals surface area contributed by atoms with Crippen LogP contribution in [0.5, 0.6) is 0 Å². The molecule has 0 bridgehead atoms. The Labute approximate surface area is 225 Å². The molecular formula is C25H21F6N5O3S. The molecule has 0 saturated carbocycles. The molecule has 1 N–H and O–H groups in total. The molecule has 1 aliphatic rings. The number of halogens is 6. The number of amidine groups is 1. The third-order valence-corrected chi connectivity index (χ3v) is 7.79. The maximum atomic E-state index is 14.6. The second kappa shape index (κ2) is 12.0. The van der Waals surface area contributed by atoms with Crippen molar-refractivity contribution in [3.8, 4) is 6.07 Å². The Balaban J connectivity index is 1.86. The van der Waals surface area contributed by atoms with Gasteiger partial charge >= 0.3 is 6.18 Å². The van der Waals surface area contributed by atoms with Gasteiger partial charge in [-0.3, -0.25) is 4.79 Å². The van der Waals surface area contributed by atoms with E-state index in [0.717, 1.165) is 36.4 Å². The molecule has 0 unspecified atom stereocenters. The highest BCUT2D eigenvalue weighted by Crippen LogP contribution is 2.29. The van der Waals surface area contributed by atoms with E-state index in [9.17, 15) is 44.8 Å². The van der Waals surface area contributed by atoms with Gasteiger partial charge in [0.25, 0.3) is 0 Å². The Morgan fingerprint density at radius 3 is 2.48 bits per heavy atom. The summed E-state index contributed by atoms with van der Waals surface area (Å²) < 4.78 is 107. The van der Waals surface area contributed by atoms with E-state index in [1.807, 2.05) is 0 Å². The molecule has 15 heteroatoms. The van der Waals surface area contributed by atoms with E-state index in [0.29, 0.717) is 10.5 Å². The number of allylic oxidation sites excluding steroid dienone is 1. The van der Waals surface area contributed by atoms with Crippen LogP contribution < -0.4 is 5.32 Å². The number of hydrogen-bond acceptors (Lipinski definition) is 5. The SMILES string of the molecule is C=NC(=N/C=C(\C)c1cc(CNC(=O)[C@@H]2C[C@@H](F)CN2S(=O)(=O)c2ccc(F)cc2)c(C#N)cc1F)C(F)(F)F. The number of nitrogens with zero attached hydrogens (tertiary/aromatic N) is 4. The molecule has 8 nitrogen and oxygen atoms in total. The molecule has 0 radical (unpaired) electrons. The van der Waals surface area contributed by atoms with Crippen LogP contribution in [0, 0.1) is 23.0 Å². The molecule has 2 aromatic rings. The lowest BCUT2D eigenvalue weighted by Gasteiger charge is -2.23. The predicted octanol–water partition coefficient (Wildman–Crippen LogP) is 4.28. The Hall–Kier alpha value is -4.03. The molecular weight excluding hydrogens is 564 g/mol. The number of benzene rings is 2. The van der Waals surface area contributed by atoms with E-state index < -0.39 is 71.3 Å². The molecule has 0 aliphatic carbocycles. The first-order chi connectivity index (χ1) is 18.7. The third kappa shape index (κ3) is 6.75. The van der Waals surface area contributed by atoms with Crippen molar-refractivity contribution >= 4 is 34.1 Å². The number of hydrogen-bond donors (Lipinski definition) is 1. The summed E-state index contributed by atoms with van der Waals surface area (Å²) in [5.41, 5.74) is -0.479. The first-order valence-corrected chi connectivity index (χ1v) is 12.8. The predicted molar refractivity (Wildman–Crippen MR) is 133 cm³/mol. The fourth-order valence-electron chi connectivity index (χ4n) is 3.90. The maximum absolute atomic E-state index is 14.6. The van der Waals surface area contributed by atoms with Gasteiger partial charge in [0.1, 0.15) is 23.8 Å². The second-order valence-electron chi connectivity index (χ2n) is 8.62. The molecule has 1 saturated heterocycles. The second-order valence-corrected chi connectivity index (χ2v) is 10.5. The Morgan fingerprint density at radius 1 is 1.25 bits per heavy atom. The summed E-state index contributed by atoms with van der Waals surface area (Å²) in [6, 6.07) is 5.95. The highest BCUT2D eigenvalue weighted by Gasteiger charge is 2.44. The highest BCUT2D eigenvalue weighted by atomic mass is 32.2. The Bertz CT molecular complexity index is 1520. The number of rotatable bonds is 7. The average molecular weight is 586 g/mol. The normalized spacial score (nSPS) is 18.9. The Kier molecular flexibility index (Phi) is 9.16. The Morgan fingerprint density at radius 2 is 1.90 bits per heavy atom. The van der Waals surface area contributed by atoms with Crippen molar-refractivity contribution in [3.63, 3.8) is 0 Å². The van der Waals surface area contributed by atoms with Crippen molar-refractivity contribution in [2.24, 2.45) is 9.98 Å². The van der Waals surface area contributed by atoms with Gasteiger partial charge < -0.3 is 5.32 Å². The average Bonchev–Trinajstić information content (AvgIpc) is 3.29. The summed E-state index contributed by atoms with van der Waals surface area (Å²) in [5, 5.41) is 11.8. The quantitative estimate of drug-likeness (QED) is 0.297.